The molecule has 0 aliphatic carbocycles. The van der Waals surface area contributed by atoms with Gasteiger partial charge in [0.2, 0.25) is 0 Å². The Bertz CT molecular complexity index is 645. The molecule has 1 aromatic heterocycles. The van der Waals surface area contributed by atoms with E-state index < -0.39 is 10.9 Å². The Balaban J connectivity index is 2.42. The van der Waals surface area contributed by atoms with Crippen molar-refractivity contribution in [1.29, 1.82) is 0 Å². The molecule has 1 heterocycles. The highest BCUT2D eigenvalue weighted by Crippen LogP contribution is 2.28. The lowest BCUT2D eigenvalue weighted by molar-refractivity contribution is -0.383. The van der Waals surface area contributed by atoms with Gasteiger partial charge in [-0.05, 0) is 12.1 Å². The molecule has 0 unspecified atom stereocenters. The molecule has 102 valence electrons. The van der Waals surface area contributed by atoms with Crippen molar-refractivity contribution in [2.75, 3.05) is 12.4 Å². The summed E-state index contributed by atoms with van der Waals surface area (Å²) >= 11 is 0. The Morgan fingerprint density at radius 1 is 1.35 bits per heavy atom. The maximum Gasteiger partial charge on any atom is 0.337 e. The molecular weight excluding hydrogens is 264 g/mol. The fourth-order valence-corrected chi connectivity index (χ4v) is 1.56. The average molecular weight is 274 g/mol. The fourth-order valence-electron chi connectivity index (χ4n) is 1.56. The zero-order valence-electron chi connectivity index (χ0n) is 10.4. The van der Waals surface area contributed by atoms with Gasteiger partial charge in [-0.1, -0.05) is 0 Å². The van der Waals surface area contributed by atoms with Crippen molar-refractivity contribution < 1.29 is 14.5 Å². The molecule has 2 rings (SSSR count). The van der Waals surface area contributed by atoms with E-state index in [4.69, 9.17) is 0 Å². The zero-order valence-corrected chi connectivity index (χ0v) is 10.4. The van der Waals surface area contributed by atoms with Gasteiger partial charge in [0.1, 0.15) is 12.0 Å². The minimum absolute atomic E-state index is 0.160. The number of hydrogen-bond donors (Lipinski definition) is 1. The SMILES string of the molecule is COC(=O)c1ccc([N+](=O)[O-])c(Nc2cncnc2)c1. The molecule has 0 aliphatic rings. The number of benzene rings is 1. The van der Waals surface area contributed by atoms with Crippen LogP contribution < -0.4 is 5.32 Å². The molecule has 0 radical (unpaired) electrons. The molecule has 20 heavy (non-hydrogen) atoms. The predicted molar refractivity (Wildman–Crippen MR) is 69.8 cm³/mol. The van der Waals surface area contributed by atoms with E-state index in [1.807, 2.05) is 0 Å². The van der Waals surface area contributed by atoms with E-state index in [0.29, 0.717) is 5.69 Å². The Morgan fingerprint density at radius 3 is 2.65 bits per heavy atom. The molecule has 8 heteroatoms. The second-order valence-electron chi connectivity index (χ2n) is 3.73. The number of esters is 1. The van der Waals surface area contributed by atoms with Crippen molar-refractivity contribution >= 4 is 23.0 Å². The standard InChI is InChI=1S/C12H10N4O4/c1-20-12(17)8-2-3-11(16(18)19)10(4-8)15-9-5-13-7-14-6-9/h2-7,15H,1H3. The number of aromatic nitrogens is 2. The number of carbonyl (C=O) groups excluding carboxylic acids is 1. The number of anilines is 2. The number of hydrogen-bond acceptors (Lipinski definition) is 7. The number of nitro groups is 1. The van der Waals surface area contributed by atoms with Crippen LogP contribution in [0.3, 0.4) is 0 Å². The first-order valence-corrected chi connectivity index (χ1v) is 5.50. The lowest BCUT2D eigenvalue weighted by Crippen LogP contribution is -2.04. The largest absolute Gasteiger partial charge is 0.465 e. The third kappa shape index (κ3) is 2.86. The number of ether oxygens (including phenoxy) is 1. The number of methoxy groups -OCH3 is 1. The maximum atomic E-state index is 11.5. The van der Waals surface area contributed by atoms with Crippen LogP contribution in [0.15, 0.2) is 36.9 Å². The van der Waals surface area contributed by atoms with Gasteiger partial charge in [0.15, 0.2) is 0 Å². The molecular formula is C12H10N4O4. The molecule has 8 nitrogen and oxygen atoms in total. The summed E-state index contributed by atoms with van der Waals surface area (Å²) in [4.78, 5) is 29.5. The number of nitrogens with zero attached hydrogens (tertiary/aromatic N) is 3. The van der Waals surface area contributed by atoms with Crippen molar-refractivity contribution in [3.05, 3.63) is 52.6 Å². The van der Waals surface area contributed by atoms with Crippen molar-refractivity contribution in [1.82, 2.24) is 9.97 Å². The molecule has 0 saturated heterocycles. The second-order valence-corrected chi connectivity index (χ2v) is 3.73. The summed E-state index contributed by atoms with van der Waals surface area (Å²) < 4.78 is 4.58. The van der Waals surface area contributed by atoms with Crippen molar-refractivity contribution in [2.24, 2.45) is 0 Å². The van der Waals surface area contributed by atoms with Gasteiger partial charge < -0.3 is 10.1 Å². The number of carbonyl (C=O) groups is 1. The van der Waals surface area contributed by atoms with E-state index in [1.165, 1.54) is 44.0 Å². The molecule has 0 atom stereocenters. The van der Waals surface area contributed by atoms with Gasteiger partial charge in [-0.25, -0.2) is 14.8 Å². The Morgan fingerprint density at radius 2 is 2.05 bits per heavy atom. The van der Waals surface area contributed by atoms with Crippen LogP contribution in [0.5, 0.6) is 0 Å². The van der Waals surface area contributed by atoms with Gasteiger partial charge in [0, 0.05) is 6.07 Å². The third-order valence-electron chi connectivity index (χ3n) is 2.45. The summed E-state index contributed by atoms with van der Waals surface area (Å²) in [6.07, 6.45) is 4.26. The molecule has 0 bridgehead atoms. The van der Waals surface area contributed by atoms with Crippen molar-refractivity contribution in [3.63, 3.8) is 0 Å². The quantitative estimate of drug-likeness (QED) is 0.515. The normalized spacial score (nSPS) is 9.85. The summed E-state index contributed by atoms with van der Waals surface area (Å²) in [6, 6.07) is 3.91. The zero-order chi connectivity index (χ0) is 14.5. The second kappa shape index (κ2) is 5.74. The number of rotatable bonds is 4. The van der Waals surface area contributed by atoms with E-state index in [9.17, 15) is 14.9 Å². The molecule has 1 N–H and O–H groups in total. The molecule has 0 spiro atoms. The molecule has 2 aromatic rings. The van der Waals surface area contributed by atoms with E-state index in [2.05, 4.69) is 20.0 Å². The third-order valence-corrected chi connectivity index (χ3v) is 2.45. The highest BCUT2D eigenvalue weighted by Gasteiger charge is 2.17. The summed E-state index contributed by atoms with van der Waals surface area (Å²) in [7, 11) is 1.24. The topological polar surface area (TPSA) is 107 Å². The Hall–Kier alpha value is -3.03. The van der Waals surface area contributed by atoms with Crippen LogP contribution in [0.1, 0.15) is 10.4 Å². The van der Waals surface area contributed by atoms with Crippen LogP contribution in [-0.4, -0.2) is 28.0 Å². The Labute approximate surface area is 113 Å². The van der Waals surface area contributed by atoms with Crippen LogP contribution in [0.2, 0.25) is 0 Å². The summed E-state index contributed by atoms with van der Waals surface area (Å²) in [5.41, 5.74) is 0.671. The summed E-state index contributed by atoms with van der Waals surface area (Å²) in [6.45, 7) is 0. The first-order valence-electron chi connectivity index (χ1n) is 5.50. The smallest absolute Gasteiger partial charge is 0.337 e. The minimum Gasteiger partial charge on any atom is -0.465 e. The van der Waals surface area contributed by atoms with Crippen molar-refractivity contribution in [2.45, 2.75) is 0 Å². The van der Waals surface area contributed by atoms with Crippen LogP contribution in [-0.2, 0) is 4.74 Å². The maximum absolute atomic E-state index is 11.5. The lowest BCUT2D eigenvalue weighted by Gasteiger charge is -2.07. The Kier molecular flexibility index (Phi) is 3.85. The van der Waals surface area contributed by atoms with Gasteiger partial charge in [0.05, 0.1) is 35.7 Å². The monoisotopic (exact) mass is 274 g/mol. The highest BCUT2D eigenvalue weighted by atomic mass is 16.6. The van der Waals surface area contributed by atoms with E-state index >= 15 is 0 Å². The van der Waals surface area contributed by atoms with Gasteiger partial charge in [0.25, 0.3) is 5.69 Å². The minimum atomic E-state index is -0.577. The lowest BCUT2D eigenvalue weighted by atomic mass is 10.1. The van der Waals surface area contributed by atoms with E-state index in [0.717, 1.165) is 0 Å². The van der Waals surface area contributed by atoms with Crippen LogP contribution in [0, 0.1) is 10.1 Å². The van der Waals surface area contributed by atoms with Gasteiger partial charge >= 0.3 is 5.97 Å². The van der Waals surface area contributed by atoms with E-state index in [1.54, 1.807) is 0 Å². The highest BCUT2D eigenvalue weighted by molar-refractivity contribution is 5.92. The first-order chi connectivity index (χ1) is 9.61. The predicted octanol–water partition coefficient (Wildman–Crippen LogP) is 1.91. The summed E-state index contributed by atoms with van der Waals surface area (Å²) in [5, 5.41) is 13.8. The number of nitro benzene ring substituents is 1. The first kappa shape index (κ1) is 13.4. The average Bonchev–Trinajstić information content (AvgIpc) is 2.47. The summed E-state index contributed by atoms with van der Waals surface area (Å²) in [5.74, 6) is -0.577. The molecule has 0 saturated carbocycles. The van der Waals surface area contributed by atoms with Gasteiger partial charge in [-0.15, -0.1) is 0 Å². The molecule has 0 fully saturated rings. The van der Waals surface area contributed by atoms with Gasteiger partial charge in [-0.3, -0.25) is 10.1 Å². The van der Waals surface area contributed by atoms with Crippen LogP contribution in [0.4, 0.5) is 17.1 Å². The van der Waals surface area contributed by atoms with Gasteiger partial charge in [-0.2, -0.15) is 0 Å². The molecule has 1 aromatic carbocycles. The number of nitrogens with one attached hydrogen (secondary N) is 1. The van der Waals surface area contributed by atoms with E-state index in [-0.39, 0.29) is 16.9 Å². The fraction of sp³-hybridized carbons (Fsp3) is 0.0833. The molecule has 0 amide bonds. The van der Waals surface area contributed by atoms with Crippen molar-refractivity contribution in [3.8, 4) is 0 Å². The molecule has 0 aliphatic heterocycles. The van der Waals surface area contributed by atoms with Crippen LogP contribution >= 0.6 is 0 Å². The van der Waals surface area contributed by atoms with Crippen LogP contribution in [0.25, 0.3) is 0 Å².